The number of hydrogen-bond donors (Lipinski definition) is 2. The van der Waals surface area contributed by atoms with Gasteiger partial charge < -0.3 is 10.4 Å². The molecule has 0 radical (unpaired) electrons. The highest BCUT2D eigenvalue weighted by atomic mass is 32.1. The van der Waals surface area contributed by atoms with E-state index in [4.69, 9.17) is 5.11 Å². The topological polar surface area (TPSA) is 90.2 Å². The van der Waals surface area contributed by atoms with Crippen molar-refractivity contribution in [3.63, 3.8) is 0 Å². The van der Waals surface area contributed by atoms with E-state index in [0.29, 0.717) is 16.5 Å². The second-order valence-corrected chi connectivity index (χ2v) is 7.80. The molecule has 0 spiro atoms. The lowest BCUT2D eigenvalue weighted by Crippen LogP contribution is -2.11. The first-order valence-corrected chi connectivity index (χ1v) is 9.84. The Labute approximate surface area is 163 Å². The van der Waals surface area contributed by atoms with E-state index in [1.165, 1.54) is 16.9 Å². The van der Waals surface area contributed by atoms with Gasteiger partial charge in [0.15, 0.2) is 0 Å². The molecule has 0 aliphatic rings. The first-order valence-electron chi connectivity index (χ1n) is 9.02. The number of hydrogen-bond acceptors (Lipinski definition) is 4. The monoisotopic (exact) mass is 384 g/mol. The van der Waals surface area contributed by atoms with Crippen LogP contribution < -0.4 is 5.32 Å². The van der Waals surface area contributed by atoms with Gasteiger partial charge >= 0.3 is 5.97 Å². The number of carboxylic acid groups (broad SMARTS) is 1. The SMILES string of the molecule is CC[C@H](C)c1ccc(-c2c(C)sc(NC(=O)CCCC(=O)O)c2C#N)cc1. The van der Waals surface area contributed by atoms with E-state index >= 15 is 0 Å². The Morgan fingerprint density at radius 3 is 2.48 bits per heavy atom. The molecule has 0 fully saturated rings. The van der Waals surface area contributed by atoms with Crippen LogP contribution in [0.3, 0.4) is 0 Å². The molecule has 6 heteroatoms. The molecule has 0 saturated heterocycles. The maximum atomic E-state index is 12.1. The fourth-order valence-corrected chi connectivity index (χ4v) is 3.93. The van der Waals surface area contributed by atoms with Crippen LogP contribution in [0.5, 0.6) is 0 Å². The number of nitrogens with one attached hydrogen (secondary N) is 1. The van der Waals surface area contributed by atoms with E-state index in [9.17, 15) is 14.9 Å². The van der Waals surface area contributed by atoms with Gasteiger partial charge in [-0.15, -0.1) is 11.3 Å². The van der Waals surface area contributed by atoms with Crippen molar-refractivity contribution in [1.82, 2.24) is 0 Å². The van der Waals surface area contributed by atoms with E-state index in [1.807, 2.05) is 19.1 Å². The Morgan fingerprint density at radius 2 is 1.93 bits per heavy atom. The summed E-state index contributed by atoms with van der Waals surface area (Å²) in [6.07, 6.45) is 1.42. The summed E-state index contributed by atoms with van der Waals surface area (Å²) < 4.78 is 0. The number of thiophene rings is 1. The van der Waals surface area contributed by atoms with Crippen LogP contribution in [0.25, 0.3) is 11.1 Å². The molecule has 2 N–H and O–H groups in total. The molecule has 1 aromatic carbocycles. The van der Waals surface area contributed by atoms with Gasteiger partial charge in [-0.25, -0.2) is 0 Å². The van der Waals surface area contributed by atoms with Gasteiger partial charge in [-0.3, -0.25) is 9.59 Å². The van der Waals surface area contributed by atoms with Crippen LogP contribution in [0, 0.1) is 18.3 Å². The number of carbonyl (C=O) groups is 2. The summed E-state index contributed by atoms with van der Waals surface area (Å²) >= 11 is 1.37. The van der Waals surface area contributed by atoms with Crippen LogP contribution in [-0.4, -0.2) is 17.0 Å². The third kappa shape index (κ3) is 5.18. The number of carbonyl (C=O) groups excluding carboxylic acids is 1. The van der Waals surface area contributed by atoms with Gasteiger partial charge in [-0.2, -0.15) is 5.26 Å². The highest BCUT2D eigenvalue weighted by molar-refractivity contribution is 7.17. The van der Waals surface area contributed by atoms with Gasteiger partial charge in [0.25, 0.3) is 0 Å². The van der Waals surface area contributed by atoms with E-state index in [1.54, 1.807) is 0 Å². The quantitative estimate of drug-likeness (QED) is 0.646. The molecule has 27 heavy (non-hydrogen) atoms. The minimum Gasteiger partial charge on any atom is -0.481 e. The molecule has 142 valence electrons. The van der Waals surface area contributed by atoms with Crippen molar-refractivity contribution in [2.45, 2.75) is 52.4 Å². The van der Waals surface area contributed by atoms with Crippen molar-refractivity contribution in [3.05, 3.63) is 40.3 Å². The highest BCUT2D eigenvalue weighted by Gasteiger charge is 2.19. The number of nitrogens with zero attached hydrogens (tertiary/aromatic N) is 1. The van der Waals surface area contributed by atoms with Crippen molar-refractivity contribution in [1.29, 1.82) is 5.26 Å². The lowest BCUT2D eigenvalue weighted by atomic mass is 9.95. The van der Waals surface area contributed by atoms with Crippen molar-refractivity contribution in [3.8, 4) is 17.2 Å². The van der Waals surface area contributed by atoms with Crippen molar-refractivity contribution >= 4 is 28.2 Å². The van der Waals surface area contributed by atoms with Gasteiger partial charge in [0.1, 0.15) is 11.1 Å². The average molecular weight is 385 g/mol. The summed E-state index contributed by atoms with van der Waals surface area (Å²) in [5.41, 5.74) is 3.53. The third-order valence-electron chi connectivity index (χ3n) is 4.62. The zero-order valence-corrected chi connectivity index (χ0v) is 16.7. The molecule has 5 nitrogen and oxygen atoms in total. The zero-order chi connectivity index (χ0) is 20.0. The molecule has 1 atom stereocenters. The lowest BCUT2D eigenvalue weighted by molar-refractivity contribution is -0.137. The van der Waals surface area contributed by atoms with Crippen LogP contribution >= 0.6 is 11.3 Å². The summed E-state index contributed by atoms with van der Waals surface area (Å²) in [7, 11) is 0. The molecule has 2 aromatic rings. The maximum Gasteiger partial charge on any atom is 0.303 e. The number of amides is 1. The smallest absolute Gasteiger partial charge is 0.303 e. The Bertz CT molecular complexity index is 863. The number of anilines is 1. The molecular weight excluding hydrogens is 360 g/mol. The van der Waals surface area contributed by atoms with Crippen molar-refractivity contribution < 1.29 is 14.7 Å². The Kier molecular flexibility index (Phi) is 7.14. The standard InChI is InChI=1S/C21H24N2O3S/c1-4-13(2)15-8-10-16(11-9-15)20-14(3)27-21(17(20)12-22)23-18(24)6-5-7-19(25)26/h8-11,13H,4-7H2,1-3H3,(H,23,24)(H,25,26)/t13-/m0/s1. The van der Waals surface area contributed by atoms with E-state index in [0.717, 1.165) is 22.4 Å². The Balaban J connectivity index is 2.23. The summed E-state index contributed by atoms with van der Waals surface area (Å²) in [6, 6.07) is 10.4. The van der Waals surface area contributed by atoms with Gasteiger partial charge in [0.05, 0.1) is 5.56 Å². The zero-order valence-electron chi connectivity index (χ0n) is 15.8. The van der Waals surface area contributed by atoms with E-state index in [-0.39, 0.29) is 25.2 Å². The number of aliphatic carboxylic acids is 1. The number of carboxylic acids is 1. The fourth-order valence-electron chi connectivity index (χ4n) is 2.89. The van der Waals surface area contributed by atoms with Crippen LogP contribution in [-0.2, 0) is 9.59 Å². The number of benzene rings is 1. The normalized spacial score (nSPS) is 11.6. The van der Waals surface area contributed by atoms with Gasteiger partial charge in [0, 0.05) is 23.3 Å². The van der Waals surface area contributed by atoms with E-state index in [2.05, 4.69) is 37.4 Å². The number of rotatable bonds is 8. The predicted octanol–water partition coefficient (Wildman–Crippen LogP) is 5.30. The second kappa shape index (κ2) is 9.33. The van der Waals surface area contributed by atoms with Crippen molar-refractivity contribution in [2.75, 3.05) is 5.32 Å². The molecule has 0 saturated carbocycles. The Hall–Kier alpha value is -2.65. The Morgan fingerprint density at radius 1 is 1.26 bits per heavy atom. The fraction of sp³-hybridized carbons (Fsp3) is 0.381. The molecular formula is C21H24N2O3S. The molecule has 1 aromatic heterocycles. The average Bonchev–Trinajstić information content (AvgIpc) is 2.95. The molecule has 0 aliphatic carbocycles. The minimum atomic E-state index is -0.921. The minimum absolute atomic E-state index is 0.0459. The summed E-state index contributed by atoms with van der Waals surface area (Å²) in [5, 5.41) is 21.6. The molecule has 0 unspecified atom stereocenters. The second-order valence-electron chi connectivity index (χ2n) is 6.58. The molecule has 1 amide bonds. The van der Waals surface area contributed by atoms with Crippen LogP contribution in [0.4, 0.5) is 5.00 Å². The van der Waals surface area contributed by atoms with Gasteiger partial charge in [0.2, 0.25) is 5.91 Å². The maximum absolute atomic E-state index is 12.1. The third-order valence-corrected chi connectivity index (χ3v) is 5.64. The van der Waals surface area contributed by atoms with E-state index < -0.39 is 5.97 Å². The molecule has 0 aliphatic heterocycles. The number of aryl methyl sites for hydroxylation is 1. The number of nitriles is 1. The molecule has 2 rings (SSSR count). The molecule has 1 heterocycles. The largest absolute Gasteiger partial charge is 0.481 e. The van der Waals surface area contributed by atoms with Crippen molar-refractivity contribution in [2.24, 2.45) is 0 Å². The van der Waals surface area contributed by atoms with Crippen LogP contribution in [0.15, 0.2) is 24.3 Å². The van der Waals surface area contributed by atoms with Gasteiger partial charge in [-0.1, -0.05) is 38.1 Å². The summed E-state index contributed by atoms with van der Waals surface area (Å²) in [5.74, 6) is -0.706. The summed E-state index contributed by atoms with van der Waals surface area (Å²) in [4.78, 5) is 23.6. The van der Waals surface area contributed by atoms with Crippen LogP contribution in [0.2, 0.25) is 0 Å². The first-order chi connectivity index (χ1) is 12.9. The first kappa shape index (κ1) is 20.7. The predicted molar refractivity (Wildman–Crippen MR) is 108 cm³/mol. The molecule has 0 bridgehead atoms. The van der Waals surface area contributed by atoms with Crippen LogP contribution in [0.1, 0.15) is 61.5 Å². The van der Waals surface area contributed by atoms with Gasteiger partial charge in [-0.05, 0) is 36.8 Å². The highest BCUT2D eigenvalue weighted by Crippen LogP contribution is 2.39. The summed E-state index contributed by atoms with van der Waals surface area (Å²) in [6.45, 7) is 6.27. The lowest BCUT2D eigenvalue weighted by Gasteiger charge is -2.10.